The molecule has 0 saturated carbocycles. The van der Waals surface area contributed by atoms with E-state index in [0.29, 0.717) is 4.73 Å². The fourth-order valence-corrected chi connectivity index (χ4v) is 3.28. The van der Waals surface area contributed by atoms with Crippen molar-refractivity contribution in [2.75, 3.05) is 0 Å². The van der Waals surface area contributed by atoms with Gasteiger partial charge in [0.25, 0.3) is 4.60 Å². The summed E-state index contributed by atoms with van der Waals surface area (Å²) in [6.45, 7) is 2.60. The summed E-state index contributed by atoms with van der Waals surface area (Å²) in [5.41, 5.74) is -4.15. The molecule has 1 aromatic heterocycles. The van der Waals surface area contributed by atoms with Gasteiger partial charge in [-0.25, -0.2) is 0 Å². The fourth-order valence-electron chi connectivity index (χ4n) is 2.93. The number of alkyl halides is 3. The molecule has 0 unspecified atom stereocenters. The summed E-state index contributed by atoms with van der Waals surface area (Å²) < 4.78 is 39.3. The zero-order chi connectivity index (χ0) is 22.0. The molecule has 0 radical (unpaired) electrons. The van der Waals surface area contributed by atoms with Crippen LogP contribution in [0.5, 0.6) is 0 Å². The Labute approximate surface area is 174 Å². The molecule has 1 heterocycles. The highest BCUT2D eigenvalue weighted by molar-refractivity contribution is 9.10. The highest BCUT2D eigenvalue weighted by Gasteiger charge is 2.43. The number of rotatable bonds is 6. The molecule has 1 N–H and O–H groups in total. The van der Waals surface area contributed by atoms with Gasteiger partial charge in [0.05, 0.1) is 11.6 Å². The summed E-state index contributed by atoms with van der Waals surface area (Å²) in [5, 5.41) is 32.5. The van der Waals surface area contributed by atoms with E-state index in [0.717, 1.165) is 24.3 Å². The first-order valence-electron chi connectivity index (χ1n) is 8.56. The van der Waals surface area contributed by atoms with Gasteiger partial charge in [0.15, 0.2) is 11.2 Å². The first kappa shape index (κ1) is 22.8. The van der Waals surface area contributed by atoms with Crippen molar-refractivity contribution >= 4 is 21.7 Å². The Balaban J connectivity index is 2.63. The second-order valence-corrected chi connectivity index (χ2v) is 7.92. The predicted molar refractivity (Wildman–Crippen MR) is 101 cm³/mol. The van der Waals surface area contributed by atoms with Crippen LogP contribution in [0.4, 0.5) is 13.2 Å². The van der Waals surface area contributed by atoms with Crippen molar-refractivity contribution in [3.63, 3.8) is 0 Å². The molecule has 154 valence electrons. The van der Waals surface area contributed by atoms with Gasteiger partial charge >= 0.3 is 6.18 Å². The topological polar surface area (TPSA) is 88.0 Å². The van der Waals surface area contributed by atoms with Gasteiger partial charge in [-0.05, 0) is 44.0 Å². The number of carbonyl (C=O) groups is 1. The predicted octanol–water partition coefficient (Wildman–Crippen LogP) is 4.03. The first-order chi connectivity index (χ1) is 13.3. The number of hydrogen-bond donors (Lipinski definition) is 1. The monoisotopic (exact) mass is 470 g/mol. The van der Waals surface area contributed by atoms with Crippen molar-refractivity contribution in [3.05, 3.63) is 69.1 Å². The molecule has 2 rings (SSSR count). The van der Waals surface area contributed by atoms with Gasteiger partial charge in [-0.15, -0.1) is 0 Å². The van der Waals surface area contributed by atoms with Crippen LogP contribution in [0.25, 0.3) is 0 Å². The number of Topliss-reactive ketones (excluding diaryl/α,β-unsaturated/α-hetero) is 1. The molecule has 0 amide bonds. The Morgan fingerprint density at radius 3 is 2.21 bits per heavy atom. The number of nitriles is 1. The first-order valence-corrected chi connectivity index (χ1v) is 9.35. The van der Waals surface area contributed by atoms with E-state index in [-0.39, 0.29) is 28.7 Å². The number of aliphatic hydroxyl groups is 1. The van der Waals surface area contributed by atoms with Gasteiger partial charge in [-0.3, -0.25) is 4.79 Å². The van der Waals surface area contributed by atoms with Crippen LogP contribution >= 0.6 is 15.9 Å². The molecule has 0 saturated heterocycles. The normalized spacial score (nSPS) is 14.1. The van der Waals surface area contributed by atoms with Crippen LogP contribution in [0.15, 0.2) is 47.1 Å². The molecule has 0 bridgehead atoms. The van der Waals surface area contributed by atoms with Crippen LogP contribution in [0, 0.1) is 16.5 Å². The Morgan fingerprint density at radius 1 is 1.17 bits per heavy atom. The maximum atomic E-state index is 12.9. The van der Waals surface area contributed by atoms with Crippen LogP contribution in [0.2, 0.25) is 0 Å². The summed E-state index contributed by atoms with van der Waals surface area (Å²) in [7, 11) is 0. The molecule has 9 heteroatoms. The van der Waals surface area contributed by atoms with E-state index >= 15 is 0 Å². The standard InChI is InChI=1S/C20H18BrF3N2O3/c1-18(2,28)16(27)10-11-19(12-25,15-4-3-5-17(21)26(15)29)13-6-8-14(9-7-13)20(22,23)24/h3-9,28H,10-11H2,1-2H3/t19-/m1/s1. The van der Waals surface area contributed by atoms with Crippen LogP contribution in [0.3, 0.4) is 0 Å². The van der Waals surface area contributed by atoms with E-state index in [1.807, 2.05) is 6.07 Å². The van der Waals surface area contributed by atoms with Gasteiger partial charge in [-0.2, -0.15) is 23.2 Å². The molecular formula is C20H18BrF3N2O3. The van der Waals surface area contributed by atoms with E-state index in [1.54, 1.807) is 0 Å². The SMILES string of the molecule is CC(C)(O)C(=O)CC[C@@](C#N)(c1ccc(C(F)(F)F)cc1)c1cccc(Br)[n+]1[O-]. The summed E-state index contributed by atoms with van der Waals surface area (Å²) in [5.74, 6) is -0.559. The van der Waals surface area contributed by atoms with Crippen molar-refractivity contribution in [2.24, 2.45) is 0 Å². The Bertz CT molecular complexity index is 947. The van der Waals surface area contributed by atoms with E-state index in [9.17, 15) is 33.5 Å². The van der Waals surface area contributed by atoms with Crippen molar-refractivity contribution in [2.45, 2.75) is 43.9 Å². The third kappa shape index (κ3) is 4.77. The minimum atomic E-state index is -4.56. The Hall–Kier alpha value is -2.44. The van der Waals surface area contributed by atoms with Crippen LogP contribution in [0.1, 0.15) is 43.5 Å². The molecule has 5 nitrogen and oxygen atoms in total. The number of aromatic nitrogens is 1. The number of hydrogen-bond acceptors (Lipinski definition) is 4. The lowest BCUT2D eigenvalue weighted by molar-refractivity contribution is -0.628. The van der Waals surface area contributed by atoms with Gasteiger partial charge in [0.1, 0.15) is 5.60 Å². The minimum Gasteiger partial charge on any atom is -0.618 e. The molecule has 1 aromatic carbocycles. The highest BCUT2D eigenvalue weighted by Crippen LogP contribution is 2.38. The highest BCUT2D eigenvalue weighted by atomic mass is 79.9. The molecular weight excluding hydrogens is 453 g/mol. The summed E-state index contributed by atoms with van der Waals surface area (Å²) >= 11 is 3.08. The van der Waals surface area contributed by atoms with E-state index in [2.05, 4.69) is 15.9 Å². The maximum Gasteiger partial charge on any atom is 0.416 e. The summed E-state index contributed by atoms with van der Waals surface area (Å²) in [4.78, 5) is 12.2. The van der Waals surface area contributed by atoms with E-state index < -0.39 is 28.5 Å². The number of ketones is 1. The second-order valence-electron chi connectivity index (χ2n) is 7.10. The summed E-state index contributed by atoms with van der Waals surface area (Å²) in [6.07, 6.45) is -5.01. The third-order valence-corrected chi connectivity index (χ3v) is 5.23. The van der Waals surface area contributed by atoms with Gasteiger partial charge in [0.2, 0.25) is 5.69 Å². The van der Waals surface area contributed by atoms with Crippen molar-refractivity contribution < 1.29 is 27.8 Å². The quantitative estimate of drug-likeness (QED) is 0.392. The molecule has 29 heavy (non-hydrogen) atoms. The Kier molecular flexibility index (Phi) is 6.40. The number of carbonyl (C=O) groups excluding carboxylic acids is 1. The van der Waals surface area contributed by atoms with Crippen LogP contribution in [-0.2, 0) is 16.4 Å². The fraction of sp³-hybridized carbons (Fsp3) is 0.350. The lowest BCUT2D eigenvalue weighted by Gasteiger charge is -2.27. The lowest BCUT2D eigenvalue weighted by Crippen LogP contribution is -2.44. The number of nitrogens with zero attached hydrogens (tertiary/aromatic N) is 2. The van der Waals surface area contributed by atoms with Gasteiger partial charge in [-0.1, -0.05) is 12.1 Å². The van der Waals surface area contributed by atoms with Crippen LogP contribution < -0.4 is 4.73 Å². The van der Waals surface area contributed by atoms with Crippen molar-refractivity contribution in [1.82, 2.24) is 0 Å². The summed E-state index contributed by atoms with van der Waals surface area (Å²) in [6, 6.07) is 10.3. The molecule has 0 fully saturated rings. The molecule has 2 aromatic rings. The van der Waals surface area contributed by atoms with Crippen molar-refractivity contribution in [3.8, 4) is 6.07 Å². The maximum absolute atomic E-state index is 12.9. The van der Waals surface area contributed by atoms with Crippen LogP contribution in [-0.4, -0.2) is 16.5 Å². The zero-order valence-electron chi connectivity index (χ0n) is 15.6. The molecule has 0 aliphatic carbocycles. The minimum absolute atomic E-state index is 0.0438. The van der Waals surface area contributed by atoms with Gasteiger partial charge < -0.3 is 10.3 Å². The average Bonchev–Trinajstić information content (AvgIpc) is 2.64. The molecule has 1 atom stereocenters. The second kappa shape index (κ2) is 8.13. The van der Waals surface area contributed by atoms with E-state index in [4.69, 9.17) is 0 Å². The zero-order valence-corrected chi connectivity index (χ0v) is 17.2. The molecule has 0 aliphatic rings. The van der Waals surface area contributed by atoms with E-state index in [1.165, 1.54) is 32.0 Å². The average molecular weight is 471 g/mol. The molecule has 0 spiro atoms. The molecule has 0 aliphatic heterocycles. The van der Waals surface area contributed by atoms with Gasteiger partial charge in [0, 0.05) is 34.5 Å². The number of benzene rings is 1. The largest absolute Gasteiger partial charge is 0.618 e. The third-order valence-electron chi connectivity index (χ3n) is 4.64. The smallest absolute Gasteiger partial charge is 0.416 e. The van der Waals surface area contributed by atoms with Crippen molar-refractivity contribution in [1.29, 1.82) is 5.26 Å². The number of pyridine rings is 1. The lowest BCUT2D eigenvalue weighted by atomic mass is 9.73. The Morgan fingerprint density at radius 2 is 1.72 bits per heavy atom. The number of halogens is 4.